The molecule has 0 fully saturated rings. The Morgan fingerprint density at radius 3 is 2.93 bits per heavy atom. The Morgan fingerprint density at radius 1 is 1.33 bits per heavy atom. The molecule has 6 nitrogen and oxygen atoms in total. The SMILES string of the molecule is CCOC(=O)C1C(=O)NC(c2ccccn2)=NC12CCc1c(F)cccc12. The summed E-state index contributed by atoms with van der Waals surface area (Å²) in [7, 11) is 0. The summed E-state index contributed by atoms with van der Waals surface area (Å²) in [5.74, 6) is -2.42. The average molecular weight is 367 g/mol. The van der Waals surface area contributed by atoms with Gasteiger partial charge in [0, 0.05) is 6.20 Å². The van der Waals surface area contributed by atoms with Crippen molar-refractivity contribution in [3.05, 3.63) is 65.2 Å². The number of pyridine rings is 1. The highest BCUT2D eigenvalue weighted by Crippen LogP contribution is 2.48. The number of aliphatic imine (C=N–C) groups is 1. The maximum Gasteiger partial charge on any atom is 0.321 e. The van der Waals surface area contributed by atoms with E-state index < -0.39 is 23.3 Å². The predicted octanol–water partition coefficient (Wildman–Crippen LogP) is 2.12. The van der Waals surface area contributed by atoms with Crippen molar-refractivity contribution in [1.82, 2.24) is 10.3 Å². The minimum atomic E-state index is -1.20. The number of ether oxygens (including phenoxy) is 1. The predicted molar refractivity (Wildman–Crippen MR) is 95.4 cm³/mol. The van der Waals surface area contributed by atoms with Gasteiger partial charge in [-0.3, -0.25) is 19.6 Å². The van der Waals surface area contributed by atoms with Crippen molar-refractivity contribution in [1.29, 1.82) is 0 Å². The molecule has 0 bridgehead atoms. The molecule has 2 atom stereocenters. The molecule has 1 aromatic carbocycles. The van der Waals surface area contributed by atoms with Gasteiger partial charge in [-0.05, 0) is 49.1 Å². The Hall–Kier alpha value is -3.09. The number of esters is 1. The lowest BCUT2D eigenvalue weighted by atomic mass is 9.77. The molecule has 138 valence electrons. The number of carbonyl (C=O) groups is 2. The van der Waals surface area contributed by atoms with Crippen LogP contribution >= 0.6 is 0 Å². The van der Waals surface area contributed by atoms with Gasteiger partial charge in [0.1, 0.15) is 17.1 Å². The molecule has 1 aromatic heterocycles. The minimum absolute atomic E-state index is 0.144. The second-order valence-electron chi connectivity index (χ2n) is 6.54. The Balaban J connectivity index is 1.92. The van der Waals surface area contributed by atoms with Crippen molar-refractivity contribution in [2.75, 3.05) is 6.61 Å². The molecule has 0 radical (unpaired) electrons. The van der Waals surface area contributed by atoms with Crippen LogP contribution in [0.2, 0.25) is 0 Å². The normalized spacial score (nSPS) is 23.6. The zero-order valence-electron chi connectivity index (χ0n) is 14.7. The van der Waals surface area contributed by atoms with Gasteiger partial charge in [-0.1, -0.05) is 18.2 Å². The van der Waals surface area contributed by atoms with Crippen LogP contribution < -0.4 is 5.32 Å². The summed E-state index contributed by atoms with van der Waals surface area (Å²) in [6.45, 7) is 1.82. The smallest absolute Gasteiger partial charge is 0.321 e. The third kappa shape index (κ3) is 2.70. The fourth-order valence-electron chi connectivity index (χ4n) is 3.93. The van der Waals surface area contributed by atoms with E-state index in [0.717, 1.165) is 0 Å². The number of hydrogen-bond donors (Lipinski definition) is 1. The van der Waals surface area contributed by atoms with Gasteiger partial charge in [0.25, 0.3) is 0 Å². The summed E-state index contributed by atoms with van der Waals surface area (Å²) < 4.78 is 19.5. The lowest BCUT2D eigenvalue weighted by Crippen LogP contribution is -2.54. The third-order valence-corrected chi connectivity index (χ3v) is 5.06. The summed E-state index contributed by atoms with van der Waals surface area (Å²) in [4.78, 5) is 34.6. The van der Waals surface area contributed by atoms with Gasteiger partial charge in [-0.2, -0.15) is 0 Å². The number of hydrogen-bond acceptors (Lipinski definition) is 5. The molecule has 2 heterocycles. The van der Waals surface area contributed by atoms with Crippen LogP contribution in [0.1, 0.15) is 30.2 Å². The summed E-state index contributed by atoms with van der Waals surface area (Å²) in [6.07, 6.45) is 2.33. The Kier molecular flexibility index (Phi) is 4.22. The number of rotatable bonds is 3. The number of amidine groups is 1. The maximum atomic E-state index is 14.3. The molecule has 0 saturated heterocycles. The molecule has 1 aliphatic heterocycles. The number of nitrogens with one attached hydrogen (secondary N) is 1. The molecular formula is C20H18FN3O3. The van der Waals surface area contributed by atoms with Crippen LogP contribution in [0.5, 0.6) is 0 Å². The molecule has 1 spiro atoms. The van der Waals surface area contributed by atoms with Crippen molar-refractivity contribution in [3.63, 3.8) is 0 Å². The van der Waals surface area contributed by atoms with Crippen LogP contribution in [0.4, 0.5) is 4.39 Å². The van der Waals surface area contributed by atoms with Crippen LogP contribution in [-0.4, -0.2) is 29.3 Å². The topological polar surface area (TPSA) is 80.7 Å². The molecule has 2 unspecified atom stereocenters. The summed E-state index contributed by atoms with van der Waals surface area (Å²) in [6, 6.07) is 9.94. The molecule has 7 heteroatoms. The van der Waals surface area contributed by atoms with E-state index in [-0.39, 0.29) is 18.3 Å². The molecule has 2 aromatic rings. The maximum absolute atomic E-state index is 14.3. The molecular weight excluding hydrogens is 349 g/mol. The van der Waals surface area contributed by atoms with E-state index in [1.54, 1.807) is 43.5 Å². The number of amides is 1. The molecule has 1 N–H and O–H groups in total. The lowest BCUT2D eigenvalue weighted by Gasteiger charge is -2.36. The number of nitrogens with zero attached hydrogens (tertiary/aromatic N) is 2. The zero-order valence-corrected chi connectivity index (χ0v) is 14.7. The minimum Gasteiger partial charge on any atom is -0.465 e. The van der Waals surface area contributed by atoms with Crippen LogP contribution in [0.25, 0.3) is 0 Å². The first-order chi connectivity index (χ1) is 13.1. The highest BCUT2D eigenvalue weighted by molar-refractivity contribution is 6.14. The van der Waals surface area contributed by atoms with Crippen molar-refractivity contribution < 1.29 is 18.7 Å². The lowest BCUT2D eigenvalue weighted by molar-refractivity contribution is -0.155. The molecule has 1 aliphatic carbocycles. The standard InChI is InChI=1S/C20H18FN3O3/c1-2-27-19(26)16-18(25)23-17(15-8-3-4-11-22-15)24-20(16)10-9-12-13(20)6-5-7-14(12)21/h3-8,11,16H,2,9-10H2,1H3,(H,23,24,25). The Bertz CT molecular complexity index is 945. The third-order valence-electron chi connectivity index (χ3n) is 5.06. The van der Waals surface area contributed by atoms with E-state index in [0.29, 0.717) is 29.7 Å². The van der Waals surface area contributed by atoms with Crippen LogP contribution in [0.3, 0.4) is 0 Å². The summed E-state index contributed by atoms with van der Waals surface area (Å²) in [5, 5.41) is 2.67. The van der Waals surface area contributed by atoms with E-state index >= 15 is 0 Å². The summed E-state index contributed by atoms with van der Waals surface area (Å²) in [5.41, 5.74) is 0.339. The number of carbonyl (C=O) groups excluding carboxylic acids is 2. The molecule has 2 aliphatic rings. The molecule has 1 amide bonds. The van der Waals surface area contributed by atoms with E-state index in [9.17, 15) is 14.0 Å². The molecule has 4 rings (SSSR count). The van der Waals surface area contributed by atoms with Gasteiger partial charge < -0.3 is 10.1 Å². The van der Waals surface area contributed by atoms with Gasteiger partial charge in [0.2, 0.25) is 5.91 Å². The summed E-state index contributed by atoms with van der Waals surface area (Å²) >= 11 is 0. The van der Waals surface area contributed by atoms with Crippen LogP contribution in [0, 0.1) is 11.7 Å². The highest BCUT2D eigenvalue weighted by Gasteiger charge is 2.56. The largest absolute Gasteiger partial charge is 0.465 e. The number of fused-ring (bicyclic) bond motifs is 2. The fourth-order valence-corrected chi connectivity index (χ4v) is 3.93. The van der Waals surface area contributed by atoms with Crippen LogP contribution in [-0.2, 0) is 26.3 Å². The van der Waals surface area contributed by atoms with Gasteiger partial charge in [-0.15, -0.1) is 0 Å². The van der Waals surface area contributed by atoms with E-state index in [1.807, 2.05) is 0 Å². The Morgan fingerprint density at radius 2 is 2.19 bits per heavy atom. The van der Waals surface area contributed by atoms with Crippen molar-refractivity contribution in [2.45, 2.75) is 25.3 Å². The number of benzene rings is 1. The second kappa shape index (κ2) is 6.57. The fraction of sp³-hybridized carbons (Fsp3) is 0.300. The van der Waals surface area contributed by atoms with Gasteiger partial charge in [0.15, 0.2) is 11.8 Å². The van der Waals surface area contributed by atoms with E-state index in [4.69, 9.17) is 9.73 Å². The van der Waals surface area contributed by atoms with Crippen molar-refractivity contribution in [3.8, 4) is 0 Å². The monoisotopic (exact) mass is 367 g/mol. The first-order valence-electron chi connectivity index (χ1n) is 8.83. The average Bonchev–Trinajstić information content (AvgIpc) is 3.02. The molecule has 0 saturated carbocycles. The van der Waals surface area contributed by atoms with Crippen molar-refractivity contribution >= 4 is 17.7 Å². The van der Waals surface area contributed by atoms with Crippen molar-refractivity contribution in [2.24, 2.45) is 10.9 Å². The Labute approximate surface area is 155 Å². The number of aromatic nitrogens is 1. The highest BCUT2D eigenvalue weighted by atomic mass is 19.1. The van der Waals surface area contributed by atoms with Gasteiger partial charge in [0.05, 0.1) is 6.61 Å². The van der Waals surface area contributed by atoms with Gasteiger partial charge in [-0.25, -0.2) is 4.39 Å². The quantitative estimate of drug-likeness (QED) is 0.666. The van der Waals surface area contributed by atoms with E-state index in [2.05, 4.69) is 10.3 Å². The number of halogens is 1. The first-order valence-corrected chi connectivity index (χ1v) is 8.83. The second-order valence-corrected chi connectivity index (χ2v) is 6.54. The zero-order chi connectivity index (χ0) is 19.0. The van der Waals surface area contributed by atoms with E-state index in [1.165, 1.54) is 6.07 Å². The first kappa shape index (κ1) is 17.3. The molecule has 27 heavy (non-hydrogen) atoms. The van der Waals surface area contributed by atoms with Crippen LogP contribution in [0.15, 0.2) is 47.6 Å². The van der Waals surface area contributed by atoms with Gasteiger partial charge >= 0.3 is 5.97 Å².